The highest BCUT2D eigenvalue weighted by molar-refractivity contribution is 5.60. The molecule has 1 aromatic rings. The summed E-state index contributed by atoms with van der Waals surface area (Å²) in [4.78, 5) is 2.45. The van der Waals surface area contributed by atoms with Crippen molar-refractivity contribution in [2.75, 3.05) is 30.4 Å². The Labute approximate surface area is 110 Å². The van der Waals surface area contributed by atoms with Crippen molar-refractivity contribution < 1.29 is 0 Å². The number of hydrogen-bond acceptors (Lipinski definition) is 3. The maximum atomic E-state index is 5.80. The fourth-order valence-corrected chi connectivity index (χ4v) is 2.66. The van der Waals surface area contributed by atoms with Crippen molar-refractivity contribution in [1.82, 2.24) is 0 Å². The zero-order valence-corrected chi connectivity index (χ0v) is 11.4. The summed E-state index contributed by atoms with van der Waals surface area (Å²) in [6.45, 7) is 8.18. The van der Waals surface area contributed by atoms with Crippen molar-refractivity contribution >= 4 is 11.4 Å². The van der Waals surface area contributed by atoms with Crippen molar-refractivity contribution in [3.63, 3.8) is 0 Å². The summed E-state index contributed by atoms with van der Waals surface area (Å²) in [6.07, 6.45) is 2.23. The zero-order valence-electron chi connectivity index (χ0n) is 11.4. The molecule has 1 aromatic carbocycles. The summed E-state index contributed by atoms with van der Waals surface area (Å²) in [5, 5.41) is 3.17. The summed E-state index contributed by atoms with van der Waals surface area (Å²) < 4.78 is 0. The monoisotopic (exact) mass is 245 g/mol. The Hall–Kier alpha value is -1.64. The van der Waals surface area contributed by atoms with Crippen LogP contribution in [0.5, 0.6) is 0 Å². The molecule has 0 unspecified atom stereocenters. The molecule has 0 radical (unpaired) electrons. The molecule has 18 heavy (non-hydrogen) atoms. The van der Waals surface area contributed by atoms with E-state index in [1.807, 2.05) is 7.05 Å². The van der Waals surface area contributed by atoms with Crippen LogP contribution in [0, 0.1) is 12.8 Å². The molecular formula is C15H23N3. The first kappa shape index (κ1) is 12.8. The van der Waals surface area contributed by atoms with Crippen LogP contribution in [-0.2, 0) is 0 Å². The van der Waals surface area contributed by atoms with E-state index in [-0.39, 0.29) is 0 Å². The third-order valence-electron chi connectivity index (χ3n) is 3.85. The Balaban J connectivity index is 2.07. The van der Waals surface area contributed by atoms with Gasteiger partial charge in [0.25, 0.3) is 0 Å². The fourth-order valence-electron chi connectivity index (χ4n) is 2.66. The van der Waals surface area contributed by atoms with Crippen LogP contribution >= 0.6 is 0 Å². The minimum absolute atomic E-state index is 0.498. The number of aryl methyl sites for hydroxylation is 1. The number of piperidine rings is 1. The number of nitrogens with zero attached hydrogens (tertiary/aromatic N) is 1. The molecule has 0 aromatic heterocycles. The molecule has 0 amide bonds. The highest BCUT2D eigenvalue weighted by Crippen LogP contribution is 2.29. The average molecular weight is 245 g/mol. The van der Waals surface area contributed by atoms with Crippen molar-refractivity contribution in [1.29, 1.82) is 0 Å². The highest BCUT2D eigenvalue weighted by atomic mass is 15.1. The Morgan fingerprint density at radius 3 is 2.56 bits per heavy atom. The second kappa shape index (κ2) is 5.34. The smallest absolute Gasteiger partial charge is 0.0397 e. The van der Waals surface area contributed by atoms with Gasteiger partial charge < -0.3 is 16.0 Å². The van der Waals surface area contributed by atoms with Gasteiger partial charge >= 0.3 is 0 Å². The fraction of sp³-hybridized carbons (Fsp3) is 0.467. The van der Waals surface area contributed by atoms with Gasteiger partial charge in [-0.2, -0.15) is 0 Å². The van der Waals surface area contributed by atoms with Crippen LogP contribution in [0.3, 0.4) is 0 Å². The second-order valence-electron chi connectivity index (χ2n) is 5.09. The van der Waals surface area contributed by atoms with E-state index in [1.165, 1.54) is 16.9 Å². The van der Waals surface area contributed by atoms with Gasteiger partial charge in [-0.3, -0.25) is 0 Å². The quantitative estimate of drug-likeness (QED) is 0.860. The summed E-state index contributed by atoms with van der Waals surface area (Å²) in [5.41, 5.74) is 10.5. The van der Waals surface area contributed by atoms with Gasteiger partial charge in [0.1, 0.15) is 0 Å². The van der Waals surface area contributed by atoms with Crippen molar-refractivity contribution in [3.05, 3.63) is 36.0 Å². The van der Waals surface area contributed by atoms with Crippen LogP contribution in [-0.4, -0.2) is 20.1 Å². The topological polar surface area (TPSA) is 41.3 Å². The van der Waals surface area contributed by atoms with Crippen LogP contribution in [0.2, 0.25) is 0 Å². The lowest BCUT2D eigenvalue weighted by atomic mass is 9.94. The number of benzene rings is 1. The van der Waals surface area contributed by atoms with E-state index in [1.54, 1.807) is 0 Å². The predicted octanol–water partition coefficient (Wildman–Crippen LogP) is 2.73. The molecule has 3 nitrogen and oxygen atoms in total. The van der Waals surface area contributed by atoms with Gasteiger partial charge in [-0.25, -0.2) is 0 Å². The molecular weight excluding hydrogens is 222 g/mol. The molecule has 2 rings (SSSR count). The molecule has 0 aliphatic carbocycles. The first-order valence-electron chi connectivity index (χ1n) is 6.59. The lowest BCUT2D eigenvalue weighted by molar-refractivity contribution is 0.456. The molecule has 1 saturated heterocycles. The second-order valence-corrected chi connectivity index (χ2v) is 5.09. The highest BCUT2D eigenvalue weighted by Gasteiger charge is 2.21. The van der Waals surface area contributed by atoms with E-state index in [0.717, 1.165) is 31.6 Å². The molecule has 1 heterocycles. The number of allylic oxidation sites excluding steroid dienone is 1. The minimum Gasteiger partial charge on any atom is -0.402 e. The van der Waals surface area contributed by atoms with Gasteiger partial charge in [-0.15, -0.1) is 0 Å². The average Bonchev–Trinajstić information content (AvgIpc) is 2.38. The normalized spacial score (nSPS) is 16.7. The summed E-state index contributed by atoms with van der Waals surface area (Å²) >= 11 is 0. The summed E-state index contributed by atoms with van der Waals surface area (Å²) in [6, 6.07) is 6.54. The maximum absolute atomic E-state index is 5.80. The molecule has 0 bridgehead atoms. The Kier molecular flexibility index (Phi) is 3.80. The van der Waals surface area contributed by atoms with Crippen LogP contribution in [0.4, 0.5) is 11.4 Å². The molecule has 0 atom stereocenters. The SMILES string of the molecule is C=C(N)C1CCN(c2ccc(NC)cc2C)CC1. The maximum Gasteiger partial charge on any atom is 0.0397 e. The third-order valence-corrected chi connectivity index (χ3v) is 3.85. The number of rotatable bonds is 3. The first-order valence-corrected chi connectivity index (χ1v) is 6.59. The van der Waals surface area contributed by atoms with Gasteiger partial charge in [0.2, 0.25) is 0 Å². The van der Waals surface area contributed by atoms with E-state index in [0.29, 0.717) is 5.92 Å². The first-order chi connectivity index (χ1) is 8.61. The number of hydrogen-bond donors (Lipinski definition) is 2. The lowest BCUT2D eigenvalue weighted by Gasteiger charge is -2.34. The number of nitrogens with one attached hydrogen (secondary N) is 1. The standard InChI is InChI=1S/C15H23N3/c1-11-10-14(17-3)4-5-15(11)18-8-6-13(7-9-18)12(2)16/h4-5,10,13,17H,2,6-9,16H2,1,3H3. The molecule has 3 N–H and O–H groups in total. The molecule has 0 saturated carbocycles. The van der Waals surface area contributed by atoms with Gasteiger partial charge in [0.15, 0.2) is 0 Å². The molecule has 0 spiro atoms. The van der Waals surface area contributed by atoms with E-state index < -0.39 is 0 Å². The minimum atomic E-state index is 0.498. The summed E-state index contributed by atoms with van der Waals surface area (Å²) in [5.74, 6) is 0.498. The third kappa shape index (κ3) is 2.61. The lowest BCUT2D eigenvalue weighted by Crippen LogP contribution is -2.35. The van der Waals surface area contributed by atoms with E-state index in [4.69, 9.17) is 5.73 Å². The Morgan fingerprint density at radius 1 is 1.39 bits per heavy atom. The van der Waals surface area contributed by atoms with Crippen LogP contribution < -0.4 is 16.0 Å². The van der Waals surface area contributed by atoms with Crippen molar-refractivity contribution in [2.24, 2.45) is 11.7 Å². The van der Waals surface area contributed by atoms with Gasteiger partial charge in [-0.1, -0.05) is 6.58 Å². The summed E-state index contributed by atoms with van der Waals surface area (Å²) in [7, 11) is 1.95. The van der Waals surface area contributed by atoms with Gasteiger partial charge in [-0.05, 0) is 43.5 Å². The molecule has 98 valence electrons. The van der Waals surface area contributed by atoms with Crippen molar-refractivity contribution in [3.8, 4) is 0 Å². The van der Waals surface area contributed by atoms with Crippen LogP contribution in [0.1, 0.15) is 18.4 Å². The molecule has 1 aliphatic rings. The Morgan fingerprint density at radius 2 is 2.06 bits per heavy atom. The van der Waals surface area contributed by atoms with E-state index >= 15 is 0 Å². The molecule has 1 aliphatic heterocycles. The number of anilines is 2. The predicted molar refractivity (Wildman–Crippen MR) is 79.0 cm³/mol. The van der Waals surface area contributed by atoms with Crippen LogP contribution in [0.25, 0.3) is 0 Å². The largest absolute Gasteiger partial charge is 0.402 e. The van der Waals surface area contributed by atoms with Gasteiger partial charge in [0.05, 0.1) is 0 Å². The van der Waals surface area contributed by atoms with E-state index in [9.17, 15) is 0 Å². The zero-order chi connectivity index (χ0) is 13.1. The van der Waals surface area contributed by atoms with Crippen molar-refractivity contribution in [2.45, 2.75) is 19.8 Å². The molecule has 1 fully saturated rings. The number of nitrogens with two attached hydrogens (primary N) is 1. The van der Waals surface area contributed by atoms with E-state index in [2.05, 4.69) is 41.9 Å². The Bertz CT molecular complexity index is 431. The van der Waals surface area contributed by atoms with Crippen LogP contribution in [0.15, 0.2) is 30.5 Å². The molecule has 3 heteroatoms. The van der Waals surface area contributed by atoms with Gasteiger partial charge in [0, 0.05) is 43.1 Å².